The van der Waals surface area contributed by atoms with Gasteiger partial charge in [0.25, 0.3) is 0 Å². The Morgan fingerprint density at radius 1 is 1.14 bits per heavy atom. The van der Waals surface area contributed by atoms with Gasteiger partial charge >= 0.3 is 0 Å². The van der Waals surface area contributed by atoms with Crippen LogP contribution in [0.5, 0.6) is 0 Å². The highest BCUT2D eigenvalue weighted by molar-refractivity contribution is 4.98. The predicted molar refractivity (Wildman–Crippen MR) is 93.9 cm³/mol. The highest BCUT2D eigenvalue weighted by Gasteiger charge is 2.39. The monoisotopic (exact) mass is 297 g/mol. The van der Waals surface area contributed by atoms with E-state index in [4.69, 9.17) is 0 Å². The summed E-state index contributed by atoms with van der Waals surface area (Å²) in [4.78, 5) is 5.00. The SMILES string of the molecule is CCCNC(CCN(C)CC1(N(C)C)CCC1)C(C)(C)C. The van der Waals surface area contributed by atoms with Crippen molar-refractivity contribution < 1.29 is 0 Å². The molecule has 1 atom stereocenters. The van der Waals surface area contributed by atoms with Gasteiger partial charge in [0.2, 0.25) is 0 Å². The van der Waals surface area contributed by atoms with Crippen LogP contribution in [0.15, 0.2) is 0 Å². The maximum atomic E-state index is 3.74. The molecule has 0 bridgehead atoms. The molecule has 0 saturated heterocycles. The van der Waals surface area contributed by atoms with Crippen molar-refractivity contribution in [1.82, 2.24) is 15.1 Å². The molecule has 0 amide bonds. The molecule has 0 aromatic carbocycles. The van der Waals surface area contributed by atoms with Gasteiger partial charge < -0.3 is 15.1 Å². The van der Waals surface area contributed by atoms with Gasteiger partial charge in [-0.15, -0.1) is 0 Å². The van der Waals surface area contributed by atoms with E-state index in [2.05, 4.69) is 64.0 Å². The Kier molecular flexibility index (Phi) is 7.15. The molecule has 0 spiro atoms. The second-order valence-corrected chi connectivity index (χ2v) is 8.37. The summed E-state index contributed by atoms with van der Waals surface area (Å²) in [6.45, 7) is 12.8. The zero-order valence-corrected chi connectivity index (χ0v) is 15.6. The maximum Gasteiger partial charge on any atom is 0.0330 e. The minimum absolute atomic E-state index is 0.339. The molecule has 0 aromatic rings. The molecular formula is C18H39N3. The minimum atomic E-state index is 0.339. The van der Waals surface area contributed by atoms with E-state index < -0.39 is 0 Å². The molecule has 1 saturated carbocycles. The number of nitrogens with one attached hydrogen (secondary N) is 1. The molecule has 126 valence electrons. The smallest absolute Gasteiger partial charge is 0.0330 e. The van der Waals surface area contributed by atoms with Crippen molar-refractivity contribution in [1.29, 1.82) is 0 Å². The van der Waals surface area contributed by atoms with Crippen molar-refractivity contribution in [2.45, 2.75) is 71.4 Å². The van der Waals surface area contributed by atoms with Crippen LogP contribution < -0.4 is 5.32 Å². The molecule has 3 nitrogen and oxygen atoms in total. The molecular weight excluding hydrogens is 258 g/mol. The maximum absolute atomic E-state index is 3.74. The van der Waals surface area contributed by atoms with Crippen LogP contribution in [0.3, 0.4) is 0 Å². The normalized spacial score (nSPS) is 19.9. The van der Waals surface area contributed by atoms with Crippen molar-refractivity contribution in [2.75, 3.05) is 40.8 Å². The number of hydrogen-bond donors (Lipinski definition) is 1. The van der Waals surface area contributed by atoms with Gasteiger partial charge in [-0.05, 0) is 71.8 Å². The van der Waals surface area contributed by atoms with Gasteiger partial charge in [0, 0.05) is 18.1 Å². The lowest BCUT2D eigenvalue weighted by molar-refractivity contribution is 0.0260. The molecule has 1 aliphatic carbocycles. The highest BCUT2D eigenvalue weighted by Crippen LogP contribution is 2.36. The molecule has 0 heterocycles. The van der Waals surface area contributed by atoms with E-state index in [0.717, 1.165) is 6.54 Å². The van der Waals surface area contributed by atoms with Gasteiger partial charge in [-0.3, -0.25) is 0 Å². The molecule has 1 unspecified atom stereocenters. The largest absolute Gasteiger partial charge is 0.313 e. The fraction of sp³-hybridized carbons (Fsp3) is 1.00. The molecule has 21 heavy (non-hydrogen) atoms. The van der Waals surface area contributed by atoms with Gasteiger partial charge in [0.15, 0.2) is 0 Å². The molecule has 1 N–H and O–H groups in total. The quantitative estimate of drug-likeness (QED) is 0.705. The van der Waals surface area contributed by atoms with E-state index in [-0.39, 0.29) is 0 Å². The van der Waals surface area contributed by atoms with Gasteiger partial charge in [-0.2, -0.15) is 0 Å². The first kappa shape index (κ1) is 18.9. The van der Waals surface area contributed by atoms with Crippen molar-refractivity contribution in [3.63, 3.8) is 0 Å². The summed E-state index contributed by atoms with van der Waals surface area (Å²) in [6.07, 6.45) is 6.58. The highest BCUT2D eigenvalue weighted by atomic mass is 15.2. The Morgan fingerprint density at radius 3 is 2.14 bits per heavy atom. The first-order chi connectivity index (χ1) is 9.71. The van der Waals surface area contributed by atoms with Gasteiger partial charge in [-0.1, -0.05) is 27.7 Å². The standard InChI is InChI=1S/C18H39N3/c1-8-13-19-16(17(2,3)4)10-14-21(7)15-18(20(5)6)11-9-12-18/h16,19H,8-15H2,1-7H3. The van der Waals surface area contributed by atoms with Crippen LogP contribution in [-0.2, 0) is 0 Å². The minimum Gasteiger partial charge on any atom is -0.313 e. The average Bonchev–Trinajstić information content (AvgIpc) is 2.31. The van der Waals surface area contributed by atoms with Gasteiger partial charge in [0.05, 0.1) is 0 Å². The van der Waals surface area contributed by atoms with E-state index in [1.807, 2.05) is 0 Å². The third-order valence-electron chi connectivity index (χ3n) is 5.28. The second-order valence-electron chi connectivity index (χ2n) is 8.37. The summed E-state index contributed by atoms with van der Waals surface area (Å²) in [5, 5.41) is 3.74. The third-order valence-corrected chi connectivity index (χ3v) is 5.28. The lowest BCUT2D eigenvalue weighted by atomic mass is 9.75. The third kappa shape index (κ3) is 5.54. The Balaban J connectivity index is 2.44. The van der Waals surface area contributed by atoms with Gasteiger partial charge in [-0.25, -0.2) is 0 Å². The van der Waals surface area contributed by atoms with Crippen LogP contribution in [0, 0.1) is 5.41 Å². The number of nitrogens with zero attached hydrogens (tertiary/aromatic N) is 2. The van der Waals surface area contributed by atoms with Crippen LogP contribution in [-0.4, -0.2) is 62.2 Å². The van der Waals surface area contributed by atoms with Crippen molar-refractivity contribution in [3.05, 3.63) is 0 Å². The predicted octanol–water partition coefficient (Wildman–Crippen LogP) is 3.21. The van der Waals surface area contributed by atoms with Crippen molar-refractivity contribution in [2.24, 2.45) is 5.41 Å². The summed E-state index contributed by atoms with van der Waals surface area (Å²) < 4.78 is 0. The molecule has 1 rings (SSSR count). The Bertz CT molecular complexity index is 289. The fourth-order valence-electron chi connectivity index (χ4n) is 3.42. The van der Waals surface area contributed by atoms with Crippen molar-refractivity contribution >= 4 is 0 Å². The summed E-state index contributed by atoms with van der Waals surface area (Å²) in [7, 11) is 6.78. The van der Waals surface area contributed by atoms with E-state index in [1.54, 1.807) is 0 Å². The first-order valence-electron chi connectivity index (χ1n) is 8.80. The first-order valence-corrected chi connectivity index (χ1v) is 8.80. The molecule has 0 aliphatic heterocycles. The summed E-state index contributed by atoms with van der Waals surface area (Å²) in [5.74, 6) is 0. The number of likely N-dealkylation sites (N-methyl/N-ethyl adjacent to an activating group) is 2. The Labute approximate surface area is 133 Å². The van der Waals surface area contributed by atoms with Crippen LogP contribution in [0.1, 0.15) is 59.8 Å². The summed E-state index contributed by atoms with van der Waals surface area (Å²) in [6, 6.07) is 0.608. The van der Waals surface area contributed by atoms with Crippen LogP contribution >= 0.6 is 0 Å². The Hall–Kier alpha value is -0.120. The lowest BCUT2D eigenvalue weighted by Crippen LogP contribution is -2.57. The second kappa shape index (κ2) is 7.94. The summed E-state index contributed by atoms with van der Waals surface area (Å²) in [5.41, 5.74) is 0.786. The summed E-state index contributed by atoms with van der Waals surface area (Å²) >= 11 is 0. The number of rotatable bonds is 9. The topological polar surface area (TPSA) is 18.5 Å². The van der Waals surface area contributed by atoms with E-state index in [9.17, 15) is 0 Å². The molecule has 0 radical (unpaired) electrons. The van der Waals surface area contributed by atoms with E-state index in [0.29, 0.717) is 17.0 Å². The molecule has 1 aliphatic rings. The van der Waals surface area contributed by atoms with Crippen molar-refractivity contribution in [3.8, 4) is 0 Å². The number of hydrogen-bond acceptors (Lipinski definition) is 3. The van der Waals surface area contributed by atoms with Crippen LogP contribution in [0.25, 0.3) is 0 Å². The molecule has 0 aromatic heterocycles. The fourth-order valence-corrected chi connectivity index (χ4v) is 3.42. The average molecular weight is 298 g/mol. The van der Waals surface area contributed by atoms with Crippen LogP contribution in [0.4, 0.5) is 0 Å². The van der Waals surface area contributed by atoms with E-state index >= 15 is 0 Å². The zero-order valence-electron chi connectivity index (χ0n) is 15.6. The van der Waals surface area contributed by atoms with Gasteiger partial charge in [0.1, 0.15) is 0 Å². The van der Waals surface area contributed by atoms with Crippen LogP contribution in [0.2, 0.25) is 0 Å². The molecule has 3 heteroatoms. The Morgan fingerprint density at radius 2 is 1.76 bits per heavy atom. The zero-order chi connectivity index (χ0) is 16.1. The van der Waals surface area contributed by atoms with E-state index in [1.165, 1.54) is 45.2 Å². The lowest BCUT2D eigenvalue weighted by Gasteiger charge is -2.49. The molecule has 1 fully saturated rings.